The van der Waals surface area contributed by atoms with Gasteiger partial charge in [0.1, 0.15) is 11.8 Å². The van der Waals surface area contributed by atoms with Crippen molar-refractivity contribution in [2.24, 2.45) is 5.92 Å². The van der Waals surface area contributed by atoms with Crippen LogP contribution in [0.2, 0.25) is 0 Å². The molecule has 2 atom stereocenters. The van der Waals surface area contributed by atoms with Crippen LogP contribution in [0.25, 0.3) is 0 Å². The molecule has 1 aliphatic heterocycles. The second-order valence-electron chi connectivity index (χ2n) is 5.89. The Hall–Kier alpha value is -1.40. The van der Waals surface area contributed by atoms with Crippen LogP contribution in [0.3, 0.4) is 0 Å². The maximum absolute atomic E-state index is 8.93. The van der Waals surface area contributed by atoms with Gasteiger partial charge in [-0.3, -0.25) is 4.90 Å². The number of fused-ring (bicyclic) bond motifs is 1. The van der Waals surface area contributed by atoms with Crippen molar-refractivity contribution in [3.63, 3.8) is 0 Å². The minimum absolute atomic E-state index is 0.537. The first-order valence-electron chi connectivity index (χ1n) is 7.46. The van der Waals surface area contributed by atoms with E-state index in [1.165, 1.54) is 50.6 Å². The fourth-order valence-electron chi connectivity index (χ4n) is 3.79. The summed E-state index contributed by atoms with van der Waals surface area (Å²) in [6, 6.07) is 6.90. The monoisotopic (exact) mass is 255 g/mol. The average molecular weight is 255 g/mol. The molecule has 0 aromatic carbocycles. The summed E-state index contributed by atoms with van der Waals surface area (Å²) in [5, 5.41) is 8.93. The molecular formula is C16H21N3. The number of nitriles is 1. The van der Waals surface area contributed by atoms with E-state index < -0.39 is 0 Å². The molecule has 1 aromatic heterocycles. The quantitative estimate of drug-likeness (QED) is 0.815. The van der Waals surface area contributed by atoms with E-state index in [1.54, 1.807) is 6.20 Å². The van der Waals surface area contributed by atoms with Gasteiger partial charge in [0.2, 0.25) is 0 Å². The second kappa shape index (κ2) is 5.71. The molecule has 0 spiro atoms. The maximum atomic E-state index is 8.93. The normalized spacial score (nSPS) is 27.5. The van der Waals surface area contributed by atoms with E-state index >= 15 is 0 Å². The van der Waals surface area contributed by atoms with Crippen molar-refractivity contribution in [3.8, 4) is 6.07 Å². The number of hydrogen-bond donors (Lipinski definition) is 0. The third-order valence-electron chi connectivity index (χ3n) is 4.68. The molecule has 0 radical (unpaired) electrons. The standard InChI is InChI=1S/C16H21N3/c17-11-15-10-13(7-8-18-15)12-19-9-3-5-14-4-1-2-6-16(14)19/h7-8,10,14,16H,1-6,9,12H2/t14-,16-/m1/s1. The fraction of sp³-hybridized carbons (Fsp3) is 0.625. The lowest BCUT2D eigenvalue weighted by molar-refractivity contribution is 0.0547. The van der Waals surface area contributed by atoms with Crippen molar-refractivity contribution >= 4 is 0 Å². The van der Waals surface area contributed by atoms with Gasteiger partial charge < -0.3 is 0 Å². The topological polar surface area (TPSA) is 39.9 Å². The van der Waals surface area contributed by atoms with Gasteiger partial charge in [-0.15, -0.1) is 0 Å². The SMILES string of the molecule is N#Cc1cc(CN2CCC[C@H]3CCCC[C@H]32)ccn1. The summed E-state index contributed by atoms with van der Waals surface area (Å²) < 4.78 is 0. The van der Waals surface area contributed by atoms with E-state index in [-0.39, 0.29) is 0 Å². The molecule has 3 heteroatoms. The second-order valence-corrected chi connectivity index (χ2v) is 5.89. The highest BCUT2D eigenvalue weighted by Gasteiger charge is 2.32. The summed E-state index contributed by atoms with van der Waals surface area (Å²) in [5.74, 6) is 0.916. The first kappa shape index (κ1) is 12.6. The van der Waals surface area contributed by atoms with Crippen LogP contribution < -0.4 is 0 Å². The Labute approximate surface area is 115 Å². The summed E-state index contributed by atoms with van der Waals surface area (Å²) in [5.41, 5.74) is 1.77. The Kier molecular flexibility index (Phi) is 3.79. The highest BCUT2D eigenvalue weighted by molar-refractivity contribution is 5.25. The Morgan fingerprint density at radius 3 is 3.00 bits per heavy atom. The molecule has 0 unspecified atom stereocenters. The minimum atomic E-state index is 0.537. The van der Waals surface area contributed by atoms with Crippen LogP contribution in [0.15, 0.2) is 18.3 Å². The summed E-state index contributed by atoms with van der Waals surface area (Å²) in [6.45, 7) is 2.20. The highest BCUT2D eigenvalue weighted by Crippen LogP contribution is 2.35. The summed E-state index contributed by atoms with van der Waals surface area (Å²) in [6.07, 6.45) is 10.1. The van der Waals surface area contributed by atoms with Gasteiger partial charge in [0.25, 0.3) is 0 Å². The molecule has 100 valence electrons. The zero-order valence-corrected chi connectivity index (χ0v) is 11.4. The number of aromatic nitrogens is 1. The lowest BCUT2D eigenvalue weighted by Crippen LogP contribution is -2.46. The number of piperidine rings is 1. The van der Waals surface area contributed by atoms with Gasteiger partial charge in [0.15, 0.2) is 0 Å². The fourth-order valence-corrected chi connectivity index (χ4v) is 3.79. The smallest absolute Gasteiger partial charge is 0.140 e. The zero-order chi connectivity index (χ0) is 13.1. The lowest BCUT2D eigenvalue weighted by Gasteiger charge is -2.44. The van der Waals surface area contributed by atoms with Gasteiger partial charge >= 0.3 is 0 Å². The van der Waals surface area contributed by atoms with Crippen LogP contribution in [0.1, 0.15) is 49.8 Å². The van der Waals surface area contributed by atoms with E-state index in [0.29, 0.717) is 5.69 Å². The van der Waals surface area contributed by atoms with Crippen molar-refractivity contribution in [3.05, 3.63) is 29.6 Å². The molecule has 2 fully saturated rings. The van der Waals surface area contributed by atoms with E-state index in [2.05, 4.69) is 16.0 Å². The predicted octanol–water partition coefficient (Wildman–Crippen LogP) is 3.11. The summed E-state index contributed by atoms with van der Waals surface area (Å²) >= 11 is 0. The van der Waals surface area contributed by atoms with Gasteiger partial charge in [0, 0.05) is 18.8 Å². The molecule has 3 nitrogen and oxygen atoms in total. The van der Waals surface area contributed by atoms with Crippen molar-refractivity contribution < 1.29 is 0 Å². The van der Waals surface area contributed by atoms with Crippen molar-refractivity contribution in [1.29, 1.82) is 5.26 Å². The van der Waals surface area contributed by atoms with Crippen LogP contribution >= 0.6 is 0 Å². The number of rotatable bonds is 2. The molecule has 0 amide bonds. The Balaban J connectivity index is 1.72. The highest BCUT2D eigenvalue weighted by atomic mass is 15.2. The zero-order valence-electron chi connectivity index (χ0n) is 11.4. The van der Waals surface area contributed by atoms with Crippen LogP contribution in [-0.2, 0) is 6.54 Å². The number of nitrogens with zero attached hydrogens (tertiary/aromatic N) is 3. The first-order valence-corrected chi connectivity index (χ1v) is 7.46. The number of likely N-dealkylation sites (tertiary alicyclic amines) is 1. The Morgan fingerprint density at radius 2 is 2.11 bits per heavy atom. The van der Waals surface area contributed by atoms with E-state index in [9.17, 15) is 0 Å². The molecule has 1 aromatic rings. The predicted molar refractivity (Wildman–Crippen MR) is 74.3 cm³/mol. The number of hydrogen-bond acceptors (Lipinski definition) is 3. The van der Waals surface area contributed by atoms with Gasteiger partial charge in [-0.1, -0.05) is 12.8 Å². The van der Waals surface area contributed by atoms with Crippen molar-refractivity contribution in [1.82, 2.24) is 9.88 Å². The molecule has 2 aliphatic rings. The van der Waals surface area contributed by atoms with Gasteiger partial charge in [-0.2, -0.15) is 5.26 Å². The molecular weight excluding hydrogens is 234 g/mol. The summed E-state index contributed by atoms with van der Waals surface area (Å²) in [4.78, 5) is 6.70. The minimum Gasteiger partial charge on any atom is -0.296 e. The third-order valence-corrected chi connectivity index (χ3v) is 4.68. The molecule has 1 saturated carbocycles. The largest absolute Gasteiger partial charge is 0.296 e. The van der Waals surface area contributed by atoms with Crippen LogP contribution in [-0.4, -0.2) is 22.5 Å². The molecule has 0 bridgehead atoms. The van der Waals surface area contributed by atoms with Crippen LogP contribution in [0.5, 0.6) is 0 Å². The van der Waals surface area contributed by atoms with Crippen molar-refractivity contribution in [2.75, 3.05) is 6.54 Å². The Morgan fingerprint density at radius 1 is 1.26 bits per heavy atom. The van der Waals surface area contributed by atoms with Gasteiger partial charge in [0.05, 0.1) is 0 Å². The van der Waals surface area contributed by atoms with Gasteiger partial charge in [-0.05, 0) is 55.8 Å². The number of pyridine rings is 1. The molecule has 2 heterocycles. The molecule has 3 rings (SSSR count). The molecule has 1 aliphatic carbocycles. The van der Waals surface area contributed by atoms with E-state index in [0.717, 1.165) is 18.5 Å². The van der Waals surface area contributed by atoms with E-state index in [1.807, 2.05) is 12.1 Å². The van der Waals surface area contributed by atoms with Gasteiger partial charge in [-0.25, -0.2) is 4.98 Å². The van der Waals surface area contributed by atoms with Crippen LogP contribution in [0.4, 0.5) is 0 Å². The first-order chi connectivity index (χ1) is 9.36. The molecule has 19 heavy (non-hydrogen) atoms. The Bertz CT molecular complexity index is 475. The van der Waals surface area contributed by atoms with Crippen molar-refractivity contribution in [2.45, 2.75) is 51.1 Å². The van der Waals surface area contributed by atoms with Crippen LogP contribution in [0, 0.1) is 17.2 Å². The third kappa shape index (κ3) is 2.79. The molecule has 1 saturated heterocycles. The lowest BCUT2D eigenvalue weighted by atomic mass is 9.78. The molecule has 0 N–H and O–H groups in total. The summed E-state index contributed by atoms with van der Waals surface area (Å²) in [7, 11) is 0. The maximum Gasteiger partial charge on any atom is 0.140 e. The van der Waals surface area contributed by atoms with E-state index in [4.69, 9.17) is 5.26 Å². The average Bonchev–Trinajstić information content (AvgIpc) is 2.48.